The van der Waals surface area contributed by atoms with Crippen LogP contribution in [0.3, 0.4) is 0 Å². The molecule has 0 bridgehead atoms. The first kappa shape index (κ1) is 13.4. The number of amides is 3. The number of hydrogen-bond acceptors (Lipinski definition) is 3. The second kappa shape index (κ2) is 4.25. The highest BCUT2D eigenvalue weighted by Gasteiger charge is 2.45. The van der Waals surface area contributed by atoms with Crippen molar-refractivity contribution in [1.29, 1.82) is 0 Å². The van der Waals surface area contributed by atoms with E-state index in [1.807, 2.05) is 5.32 Å². The van der Waals surface area contributed by atoms with E-state index in [9.17, 15) is 22.8 Å². The summed E-state index contributed by atoms with van der Waals surface area (Å²) in [5, 5.41) is 5.97. The Morgan fingerprint density at radius 3 is 2.53 bits per heavy atom. The van der Waals surface area contributed by atoms with Gasteiger partial charge in [0.15, 0.2) is 0 Å². The van der Waals surface area contributed by atoms with Crippen LogP contribution < -0.4 is 10.2 Å². The van der Waals surface area contributed by atoms with Crippen molar-refractivity contribution in [2.75, 3.05) is 4.90 Å². The molecular formula is C10H11F3N4O2. The van der Waals surface area contributed by atoms with Crippen LogP contribution in [0.15, 0.2) is 6.07 Å². The largest absolute Gasteiger partial charge is 0.391 e. The van der Waals surface area contributed by atoms with E-state index in [1.165, 1.54) is 17.8 Å². The molecule has 1 N–H and O–H groups in total. The Labute approximate surface area is 106 Å². The van der Waals surface area contributed by atoms with Gasteiger partial charge in [0, 0.05) is 13.1 Å². The molecule has 1 aromatic heterocycles. The number of imide groups is 1. The third-order valence-corrected chi connectivity index (χ3v) is 2.66. The highest BCUT2D eigenvalue weighted by molar-refractivity contribution is 6.20. The summed E-state index contributed by atoms with van der Waals surface area (Å²) in [4.78, 5) is 24.2. The Morgan fingerprint density at radius 2 is 2.05 bits per heavy atom. The molecule has 19 heavy (non-hydrogen) atoms. The van der Waals surface area contributed by atoms with E-state index in [4.69, 9.17) is 0 Å². The average Bonchev–Trinajstić information content (AvgIpc) is 2.66. The fourth-order valence-corrected chi connectivity index (χ4v) is 1.92. The van der Waals surface area contributed by atoms with Gasteiger partial charge < -0.3 is 5.32 Å². The van der Waals surface area contributed by atoms with Crippen molar-refractivity contribution in [1.82, 2.24) is 15.1 Å². The molecule has 1 saturated heterocycles. The number of nitrogens with zero attached hydrogens (tertiary/aromatic N) is 3. The second-order valence-electron chi connectivity index (χ2n) is 4.26. The molecule has 0 aliphatic carbocycles. The summed E-state index contributed by atoms with van der Waals surface area (Å²) >= 11 is 0. The van der Waals surface area contributed by atoms with Crippen LogP contribution in [-0.4, -0.2) is 33.9 Å². The molecule has 1 unspecified atom stereocenters. The standard InChI is InChI=1S/C10H11F3N4O2/c1-5-3-7(16(2)15-5)17-8(18)6(14-9(17)19)4-10(11,12)13/h3,6H,4H2,1-2H3,(H,14,19). The van der Waals surface area contributed by atoms with Crippen LogP contribution in [0.5, 0.6) is 0 Å². The summed E-state index contributed by atoms with van der Waals surface area (Å²) in [6.45, 7) is 1.65. The summed E-state index contributed by atoms with van der Waals surface area (Å²) in [6, 6.07) is -1.00. The van der Waals surface area contributed by atoms with Crippen molar-refractivity contribution in [2.24, 2.45) is 7.05 Å². The molecule has 0 aromatic carbocycles. The van der Waals surface area contributed by atoms with Crippen molar-refractivity contribution < 1.29 is 22.8 Å². The third-order valence-electron chi connectivity index (χ3n) is 2.66. The molecule has 1 aromatic rings. The lowest BCUT2D eigenvalue weighted by molar-refractivity contribution is -0.145. The fraction of sp³-hybridized carbons (Fsp3) is 0.500. The van der Waals surface area contributed by atoms with Crippen LogP contribution in [-0.2, 0) is 11.8 Å². The van der Waals surface area contributed by atoms with Crippen LogP contribution in [0.1, 0.15) is 12.1 Å². The van der Waals surface area contributed by atoms with Crippen molar-refractivity contribution >= 4 is 17.8 Å². The predicted octanol–water partition coefficient (Wildman–Crippen LogP) is 1.11. The number of carbonyl (C=O) groups is 2. The molecule has 6 nitrogen and oxygen atoms in total. The van der Waals surface area contributed by atoms with Crippen molar-refractivity contribution in [3.05, 3.63) is 11.8 Å². The van der Waals surface area contributed by atoms with Crippen molar-refractivity contribution in [3.63, 3.8) is 0 Å². The minimum Gasteiger partial charge on any atom is -0.325 e. The first-order chi connectivity index (χ1) is 8.69. The van der Waals surface area contributed by atoms with E-state index in [0.29, 0.717) is 10.6 Å². The van der Waals surface area contributed by atoms with Gasteiger partial charge in [0.2, 0.25) is 0 Å². The van der Waals surface area contributed by atoms with E-state index in [-0.39, 0.29) is 5.82 Å². The Kier molecular flexibility index (Phi) is 2.99. The summed E-state index contributed by atoms with van der Waals surface area (Å²) in [5.41, 5.74) is 0.553. The zero-order valence-corrected chi connectivity index (χ0v) is 10.2. The smallest absolute Gasteiger partial charge is 0.325 e. The lowest BCUT2D eigenvalue weighted by Gasteiger charge is -2.13. The van der Waals surface area contributed by atoms with Gasteiger partial charge >= 0.3 is 12.2 Å². The molecule has 9 heteroatoms. The van der Waals surface area contributed by atoms with Crippen LogP contribution in [0.25, 0.3) is 0 Å². The number of urea groups is 1. The molecule has 2 heterocycles. The molecule has 1 aliphatic heterocycles. The maximum atomic E-state index is 12.3. The van der Waals surface area contributed by atoms with Gasteiger partial charge in [-0.25, -0.2) is 9.69 Å². The van der Waals surface area contributed by atoms with Crippen molar-refractivity contribution in [2.45, 2.75) is 25.6 Å². The van der Waals surface area contributed by atoms with E-state index >= 15 is 0 Å². The van der Waals surface area contributed by atoms with Crippen LogP contribution in [0.4, 0.5) is 23.8 Å². The predicted molar refractivity (Wildman–Crippen MR) is 58.4 cm³/mol. The number of halogens is 3. The van der Waals surface area contributed by atoms with E-state index in [1.54, 1.807) is 6.92 Å². The number of nitrogens with one attached hydrogen (secondary N) is 1. The zero-order valence-electron chi connectivity index (χ0n) is 10.2. The Hall–Kier alpha value is -2.06. The third kappa shape index (κ3) is 2.54. The van der Waals surface area contributed by atoms with Gasteiger partial charge in [0.1, 0.15) is 11.9 Å². The van der Waals surface area contributed by atoms with Crippen molar-refractivity contribution in [3.8, 4) is 0 Å². The second-order valence-corrected chi connectivity index (χ2v) is 4.26. The SMILES string of the molecule is Cc1cc(N2C(=O)NC(CC(F)(F)F)C2=O)n(C)n1. The maximum Gasteiger partial charge on any atom is 0.391 e. The van der Waals surface area contributed by atoms with Gasteiger partial charge in [-0.15, -0.1) is 0 Å². The number of rotatable bonds is 2. The first-order valence-electron chi connectivity index (χ1n) is 5.41. The maximum absolute atomic E-state index is 12.3. The molecule has 0 saturated carbocycles. The highest BCUT2D eigenvalue weighted by atomic mass is 19.4. The van der Waals surface area contributed by atoms with Crippen LogP contribution in [0, 0.1) is 6.92 Å². The van der Waals surface area contributed by atoms with E-state index < -0.39 is 30.6 Å². The van der Waals surface area contributed by atoms with E-state index in [2.05, 4.69) is 5.10 Å². The molecule has 0 radical (unpaired) electrons. The molecule has 104 valence electrons. The molecule has 0 spiro atoms. The first-order valence-corrected chi connectivity index (χ1v) is 5.41. The Balaban J connectivity index is 2.27. The Bertz CT molecular complexity index is 537. The van der Waals surface area contributed by atoms with Crippen LogP contribution in [0.2, 0.25) is 0 Å². The molecule has 1 atom stereocenters. The van der Waals surface area contributed by atoms with Gasteiger partial charge in [0.25, 0.3) is 5.91 Å². The molecule has 2 rings (SSSR count). The number of hydrogen-bond donors (Lipinski definition) is 1. The van der Waals surface area contributed by atoms with Gasteiger partial charge in [0.05, 0.1) is 12.1 Å². The molecule has 1 aliphatic rings. The Morgan fingerprint density at radius 1 is 1.42 bits per heavy atom. The van der Waals surface area contributed by atoms with Gasteiger partial charge in [-0.05, 0) is 6.92 Å². The fourth-order valence-electron chi connectivity index (χ4n) is 1.92. The molecule has 3 amide bonds. The van der Waals surface area contributed by atoms with E-state index in [0.717, 1.165) is 0 Å². The van der Waals surface area contributed by atoms with Gasteiger partial charge in [-0.1, -0.05) is 0 Å². The zero-order chi connectivity index (χ0) is 14.4. The monoisotopic (exact) mass is 276 g/mol. The minimum atomic E-state index is -4.52. The lowest BCUT2D eigenvalue weighted by Crippen LogP contribution is -2.35. The summed E-state index contributed by atoms with van der Waals surface area (Å²) in [6.07, 6.45) is -5.91. The number of aromatic nitrogens is 2. The minimum absolute atomic E-state index is 0.143. The molecular weight excluding hydrogens is 265 g/mol. The van der Waals surface area contributed by atoms with Gasteiger partial charge in [-0.3, -0.25) is 9.48 Å². The van der Waals surface area contributed by atoms with Gasteiger partial charge in [-0.2, -0.15) is 18.3 Å². The summed E-state index contributed by atoms with van der Waals surface area (Å²) < 4.78 is 38.1. The number of carbonyl (C=O) groups excluding carboxylic acids is 2. The summed E-state index contributed by atoms with van der Waals surface area (Å²) in [5.74, 6) is -0.782. The number of anilines is 1. The lowest BCUT2D eigenvalue weighted by atomic mass is 10.2. The quantitative estimate of drug-likeness (QED) is 0.823. The number of aryl methyl sites for hydroxylation is 2. The average molecular weight is 276 g/mol. The van der Waals surface area contributed by atoms with Crippen LogP contribution >= 0.6 is 0 Å². The number of alkyl halides is 3. The summed E-state index contributed by atoms with van der Waals surface area (Å²) in [7, 11) is 1.50. The normalized spacial score (nSPS) is 20.1. The molecule has 1 fully saturated rings. The topological polar surface area (TPSA) is 67.2 Å². The highest BCUT2D eigenvalue weighted by Crippen LogP contribution is 2.27.